The number of ketones is 1. The van der Waals surface area contributed by atoms with Crippen molar-refractivity contribution < 1.29 is 9.18 Å². The minimum Gasteiger partial charge on any atom is -0.356 e. The van der Waals surface area contributed by atoms with Gasteiger partial charge in [-0.15, -0.1) is 0 Å². The molecule has 1 aliphatic carbocycles. The Morgan fingerprint density at radius 1 is 1.18 bits per heavy atom. The molecule has 7 nitrogen and oxygen atoms in total. The number of piperidine rings is 1. The molecule has 34 heavy (non-hydrogen) atoms. The lowest BCUT2D eigenvalue weighted by atomic mass is 9.75. The van der Waals surface area contributed by atoms with Crippen molar-refractivity contribution in [1.82, 2.24) is 19.5 Å². The second-order valence-corrected chi connectivity index (χ2v) is 9.80. The highest BCUT2D eigenvalue weighted by molar-refractivity contribution is 6.30. The number of anilines is 1. The van der Waals surface area contributed by atoms with Crippen LogP contribution in [0, 0.1) is 18.2 Å². The molecule has 3 aromatic rings. The SMILES string of the molecule is Cc1ccnc(C(C)C)c1-n1c(=O)nc(N2CCC3(CC=CC3=O)CC2)c2cc(F)c(Cl)nc21. The van der Waals surface area contributed by atoms with Crippen molar-refractivity contribution in [3.63, 3.8) is 0 Å². The smallest absolute Gasteiger partial charge is 0.355 e. The van der Waals surface area contributed by atoms with Crippen LogP contribution in [0.2, 0.25) is 5.15 Å². The van der Waals surface area contributed by atoms with Gasteiger partial charge in [-0.2, -0.15) is 4.98 Å². The lowest BCUT2D eigenvalue weighted by Gasteiger charge is -2.39. The molecule has 176 valence electrons. The quantitative estimate of drug-likeness (QED) is 0.512. The Labute approximate surface area is 201 Å². The topological polar surface area (TPSA) is 81.0 Å². The third-order valence-electron chi connectivity index (χ3n) is 7.00. The Balaban J connectivity index is 1.69. The van der Waals surface area contributed by atoms with E-state index in [0.717, 1.165) is 12.0 Å². The molecule has 0 N–H and O–H groups in total. The van der Waals surface area contributed by atoms with Gasteiger partial charge in [-0.1, -0.05) is 31.5 Å². The lowest BCUT2D eigenvalue weighted by molar-refractivity contribution is -0.123. The number of carbonyl (C=O) groups excluding carboxylic acids is 1. The number of hydrogen-bond acceptors (Lipinski definition) is 6. The summed E-state index contributed by atoms with van der Waals surface area (Å²) in [6, 6.07) is 3.10. The van der Waals surface area contributed by atoms with E-state index in [0.29, 0.717) is 48.5 Å². The Morgan fingerprint density at radius 2 is 1.91 bits per heavy atom. The average Bonchev–Trinajstić information content (AvgIpc) is 3.15. The zero-order valence-electron chi connectivity index (χ0n) is 19.3. The molecular formula is C25H25ClFN5O2. The van der Waals surface area contributed by atoms with Crippen molar-refractivity contribution in [1.29, 1.82) is 0 Å². The molecule has 0 saturated carbocycles. The van der Waals surface area contributed by atoms with Gasteiger partial charge in [0, 0.05) is 24.7 Å². The number of allylic oxidation sites excluding steroid dienone is 2. The highest BCUT2D eigenvalue weighted by atomic mass is 35.5. The second-order valence-electron chi connectivity index (χ2n) is 9.44. The van der Waals surface area contributed by atoms with Crippen molar-refractivity contribution in [2.75, 3.05) is 18.0 Å². The summed E-state index contributed by atoms with van der Waals surface area (Å²) in [6.45, 7) is 6.93. The maximum atomic E-state index is 14.6. The van der Waals surface area contributed by atoms with Crippen LogP contribution in [0.3, 0.4) is 0 Å². The summed E-state index contributed by atoms with van der Waals surface area (Å²) in [5.41, 5.74) is 1.46. The molecule has 1 saturated heterocycles. The van der Waals surface area contributed by atoms with Gasteiger partial charge < -0.3 is 4.90 Å². The molecular weight excluding hydrogens is 457 g/mol. The van der Waals surface area contributed by atoms with Crippen LogP contribution in [0.25, 0.3) is 16.7 Å². The van der Waals surface area contributed by atoms with E-state index in [2.05, 4.69) is 15.0 Å². The van der Waals surface area contributed by atoms with E-state index in [1.54, 1.807) is 12.3 Å². The van der Waals surface area contributed by atoms with Crippen LogP contribution >= 0.6 is 11.6 Å². The van der Waals surface area contributed by atoms with Gasteiger partial charge in [-0.25, -0.2) is 18.7 Å². The van der Waals surface area contributed by atoms with Gasteiger partial charge in [0.2, 0.25) is 0 Å². The zero-order valence-corrected chi connectivity index (χ0v) is 20.1. The fraction of sp³-hybridized carbons (Fsp3) is 0.400. The predicted octanol–water partition coefficient (Wildman–Crippen LogP) is 4.52. The van der Waals surface area contributed by atoms with E-state index < -0.39 is 11.5 Å². The number of hydrogen-bond donors (Lipinski definition) is 0. The van der Waals surface area contributed by atoms with Crippen molar-refractivity contribution in [2.45, 2.75) is 46.0 Å². The lowest BCUT2D eigenvalue weighted by Crippen LogP contribution is -2.43. The highest BCUT2D eigenvalue weighted by Gasteiger charge is 2.42. The first kappa shape index (κ1) is 22.7. The first-order valence-corrected chi connectivity index (χ1v) is 11.8. The van der Waals surface area contributed by atoms with Crippen LogP contribution in [0.5, 0.6) is 0 Å². The molecule has 1 fully saturated rings. The third kappa shape index (κ3) is 3.52. The van der Waals surface area contributed by atoms with Crippen LogP contribution < -0.4 is 10.6 Å². The van der Waals surface area contributed by atoms with Crippen molar-refractivity contribution in [2.24, 2.45) is 5.41 Å². The Hall–Kier alpha value is -3.13. The number of aromatic nitrogens is 4. The molecule has 4 heterocycles. The van der Waals surface area contributed by atoms with Crippen LogP contribution in [0.15, 0.2) is 35.3 Å². The maximum Gasteiger partial charge on any atom is 0.355 e. The van der Waals surface area contributed by atoms with E-state index in [-0.39, 0.29) is 27.9 Å². The molecule has 0 amide bonds. The van der Waals surface area contributed by atoms with Crippen molar-refractivity contribution >= 4 is 34.2 Å². The molecule has 3 aromatic heterocycles. The van der Waals surface area contributed by atoms with E-state index in [1.807, 2.05) is 37.8 Å². The van der Waals surface area contributed by atoms with Crippen LogP contribution in [-0.4, -0.2) is 38.4 Å². The van der Waals surface area contributed by atoms with Crippen LogP contribution in [0.1, 0.15) is 50.3 Å². The predicted molar refractivity (Wildman–Crippen MR) is 129 cm³/mol. The molecule has 0 atom stereocenters. The zero-order chi connectivity index (χ0) is 24.2. The van der Waals surface area contributed by atoms with Crippen molar-refractivity contribution in [3.05, 3.63) is 63.2 Å². The monoisotopic (exact) mass is 481 g/mol. The normalized spacial score (nSPS) is 17.5. The summed E-state index contributed by atoms with van der Waals surface area (Å²) >= 11 is 6.08. The molecule has 1 aliphatic heterocycles. The molecule has 0 radical (unpaired) electrons. The number of carbonyl (C=O) groups is 1. The Kier molecular flexibility index (Phi) is 5.51. The minimum absolute atomic E-state index is 0.0308. The maximum absolute atomic E-state index is 14.6. The fourth-order valence-electron chi connectivity index (χ4n) is 5.08. The Bertz CT molecular complexity index is 1410. The van der Waals surface area contributed by atoms with Crippen LogP contribution in [0.4, 0.5) is 10.2 Å². The largest absolute Gasteiger partial charge is 0.356 e. The molecule has 5 rings (SSSR count). The van der Waals surface area contributed by atoms with Gasteiger partial charge in [0.15, 0.2) is 22.4 Å². The molecule has 9 heteroatoms. The number of fused-ring (bicyclic) bond motifs is 1. The number of nitrogens with zero attached hydrogens (tertiary/aromatic N) is 5. The van der Waals surface area contributed by atoms with Gasteiger partial charge in [-0.3, -0.25) is 9.78 Å². The summed E-state index contributed by atoms with van der Waals surface area (Å²) in [4.78, 5) is 41.0. The summed E-state index contributed by atoms with van der Waals surface area (Å²) in [7, 11) is 0. The Morgan fingerprint density at radius 3 is 2.56 bits per heavy atom. The van der Waals surface area contributed by atoms with Gasteiger partial charge in [0.05, 0.1) is 16.8 Å². The fourth-order valence-corrected chi connectivity index (χ4v) is 5.21. The molecule has 2 aliphatic rings. The van der Waals surface area contributed by atoms with Crippen LogP contribution in [-0.2, 0) is 4.79 Å². The van der Waals surface area contributed by atoms with E-state index >= 15 is 0 Å². The summed E-state index contributed by atoms with van der Waals surface area (Å²) < 4.78 is 16.0. The second kappa shape index (κ2) is 8.27. The minimum atomic E-state index is -0.682. The standard InChI is InChI=1S/C25H25ClFN5O2/c1-14(2)19-20(15(3)6-10-28-19)32-23-16(13-17(27)21(26)29-23)22(30-24(32)34)31-11-8-25(9-12-31)7-4-5-18(25)33/h4-6,10,13-14H,7-9,11-12H2,1-3H3. The molecule has 1 spiro atoms. The first-order chi connectivity index (χ1) is 16.2. The number of aryl methyl sites for hydroxylation is 1. The summed E-state index contributed by atoms with van der Waals surface area (Å²) in [6.07, 6.45) is 7.32. The first-order valence-electron chi connectivity index (χ1n) is 11.4. The van der Waals surface area contributed by atoms with Gasteiger partial charge in [0.1, 0.15) is 5.82 Å². The molecule has 0 unspecified atom stereocenters. The van der Waals surface area contributed by atoms with Gasteiger partial charge >= 0.3 is 5.69 Å². The average molecular weight is 482 g/mol. The van der Waals surface area contributed by atoms with Gasteiger partial charge in [-0.05, 0) is 55.9 Å². The van der Waals surface area contributed by atoms with Crippen molar-refractivity contribution in [3.8, 4) is 5.69 Å². The number of rotatable bonds is 3. The number of pyridine rings is 2. The molecule has 0 aromatic carbocycles. The van der Waals surface area contributed by atoms with Gasteiger partial charge in [0.25, 0.3) is 0 Å². The summed E-state index contributed by atoms with van der Waals surface area (Å²) in [5.74, 6) is -0.130. The molecule has 0 bridgehead atoms. The van der Waals surface area contributed by atoms with E-state index in [4.69, 9.17) is 11.6 Å². The highest BCUT2D eigenvalue weighted by Crippen LogP contribution is 2.42. The van der Waals surface area contributed by atoms with E-state index in [1.165, 1.54) is 10.6 Å². The van der Waals surface area contributed by atoms with E-state index in [9.17, 15) is 14.0 Å². The summed E-state index contributed by atoms with van der Waals surface area (Å²) in [5, 5.41) is 0.0805. The number of halogens is 2. The third-order valence-corrected chi connectivity index (χ3v) is 7.27.